The van der Waals surface area contributed by atoms with Crippen molar-refractivity contribution in [2.24, 2.45) is 5.84 Å². The van der Waals surface area contributed by atoms with Gasteiger partial charge in [0.2, 0.25) is 5.88 Å². The Labute approximate surface area is 126 Å². The van der Waals surface area contributed by atoms with E-state index in [0.717, 1.165) is 31.4 Å². The Morgan fingerprint density at radius 2 is 1.90 bits per heavy atom. The van der Waals surface area contributed by atoms with Crippen molar-refractivity contribution in [1.82, 2.24) is 15.4 Å². The number of ether oxygens (including phenoxy) is 2. The molecule has 0 aliphatic heterocycles. The van der Waals surface area contributed by atoms with Gasteiger partial charge in [-0.05, 0) is 19.8 Å². The zero-order valence-corrected chi connectivity index (χ0v) is 13.0. The van der Waals surface area contributed by atoms with Crippen LogP contribution in [0.3, 0.4) is 0 Å². The van der Waals surface area contributed by atoms with Crippen molar-refractivity contribution < 1.29 is 9.47 Å². The number of methoxy groups -OCH3 is 1. The Morgan fingerprint density at radius 3 is 2.48 bits per heavy atom. The fourth-order valence-electron chi connectivity index (χ4n) is 3.30. The second-order valence-corrected chi connectivity index (χ2v) is 5.46. The van der Waals surface area contributed by atoms with Gasteiger partial charge in [-0.2, -0.15) is 0 Å². The van der Waals surface area contributed by atoms with Gasteiger partial charge in [-0.1, -0.05) is 25.7 Å². The predicted molar refractivity (Wildman–Crippen MR) is 80.7 cm³/mol. The van der Waals surface area contributed by atoms with Gasteiger partial charge >= 0.3 is 0 Å². The molecule has 1 aromatic rings. The summed E-state index contributed by atoms with van der Waals surface area (Å²) in [6, 6.07) is -0.223. The molecule has 6 nitrogen and oxygen atoms in total. The number of hydrogen-bond donors (Lipinski definition) is 2. The number of nitrogens with two attached hydrogens (primary N) is 1. The number of aromatic nitrogens is 2. The van der Waals surface area contributed by atoms with Crippen LogP contribution in [0.4, 0.5) is 0 Å². The minimum atomic E-state index is -0.344. The molecule has 0 spiro atoms. The zero-order chi connectivity index (χ0) is 15.1. The maximum Gasteiger partial charge on any atom is 0.237 e. The molecule has 1 saturated carbocycles. The number of hydrogen-bond acceptors (Lipinski definition) is 6. The minimum absolute atomic E-state index is 0.223. The van der Waals surface area contributed by atoms with Crippen molar-refractivity contribution in [2.45, 2.75) is 57.1 Å². The molecule has 0 bridgehead atoms. The quantitative estimate of drug-likeness (QED) is 0.475. The molecule has 6 heteroatoms. The molecule has 1 aliphatic carbocycles. The Balaban J connectivity index is 2.38. The van der Waals surface area contributed by atoms with Crippen molar-refractivity contribution in [3.05, 3.63) is 18.1 Å². The first-order chi connectivity index (χ1) is 10.3. The highest BCUT2D eigenvalue weighted by Crippen LogP contribution is 2.41. The normalized spacial score (nSPS) is 19.8. The van der Waals surface area contributed by atoms with E-state index in [0.29, 0.717) is 12.5 Å². The van der Waals surface area contributed by atoms with E-state index >= 15 is 0 Å². The zero-order valence-electron chi connectivity index (χ0n) is 13.0. The Morgan fingerprint density at radius 1 is 1.24 bits per heavy atom. The van der Waals surface area contributed by atoms with Crippen LogP contribution in [0.2, 0.25) is 0 Å². The van der Waals surface area contributed by atoms with Crippen LogP contribution in [-0.4, -0.2) is 29.3 Å². The second kappa shape index (κ2) is 7.68. The first-order valence-corrected chi connectivity index (χ1v) is 7.72. The summed E-state index contributed by atoms with van der Waals surface area (Å²) >= 11 is 0. The van der Waals surface area contributed by atoms with E-state index in [1.165, 1.54) is 12.8 Å². The first kappa shape index (κ1) is 16.1. The molecule has 1 aromatic heterocycles. The van der Waals surface area contributed by atoms with Crippen LogP contribution in [-0.2, 0) is 4.74 Å². The lowest BCUT2D eigenvalue weighted by Gasteiger charge is -2.39. The van der Waals surface area contributed by atoms with Gasteiger partial charge in [0.15, 0.2) is 0 Å². The Hall–Kier alpha value is -1.24. The van der Waals surface area contributed by atoms with E-state index in [-0.39, 0.29) is 11.6 Å². The fraction of sp³-hybridized carbons (Fsp3) is 0.733. The predicted octanol–water partition coefficient (Wildman–Crippen LogP) is 2.12. The highest BCUT2D eigenvalue weighted by Gasteiger charge is 2.42. The molecule has 3 N–H and O–H groups in total. The molecule has 1 heterocycles. The van der Waals surface area contributed by atoms with Crippen molar-refractivity contribution in [3.8, 4) is 5.88 Å². The minimum Gasteiger partial charge on any atom is -0.480 e. The van der Waals surface area contributed by atoms with Crippen LogP contribution in [0.1, 0.15) is 57.2 Å². The molecular formula is C15H26N4O2. The van der Waals surface area contributed by atoms with Gasteiger partial charge in [-0.25, -0.2) is 10.4 Å². The van der Waals surface area contributed by atoms with Crippen LogP contribution in [0.5, 0.6) is 5.88 Å². The molecule has 0 radical (unpaired) electrons. The van der Waals surface area contributed by atoms with Crippen LogP contribution < -0.4 is 16.0 Å². The molecule has 1 unspecified atom stereocenters. The second-order valence-electron chi connectivity index (χ2n) is 5.46. The summed E-state index contributed by atoms with van der Waals surface area (Å²) in [5, 5.41) is 0. The van der Waals surface area contributed by atoms with Gasteiger partial charge < -0.3 is 9.47 Å². The van der Waals surface area contributed by atoms with Crippen LogP contribution in [0, 0.1) is 0 Å². The summed E-state index contributed by atoms with van der Waals surface area (Å²) in [4.78, 5) is 8.68. The summed E-state index contributed by atoms with van der Waals surface area (Å²) in [6.45, 7) is 2.68. The third-order valence-corrected chi connectivity index (χ3v) is 4.23. The van der Waals surface area contributed by atoms with Gasteiger partial charge in [-0.15, -0.1) is 0 Å². The van der Waals surface area contributed by atoms with E-state index in [2.05, 4.69) is 15.4 Å². The molecule has 21 heavy (non-hydrogen) atoms. The van der Waals surface area contributed by atoms with Crippen LogP contribution in [0.15, 0.2) is 12.4 Å². The molecule has 1 fully saturated rings. The summed E-state index contributed by atoms with van der Waals surface area (Å²) in [5.41, 5.74) is 3.28. The van der Waals surface area contributed by atoms with Gasteiger partial charge in [0, 0.05) is 19.0 Å². The average molecular weight is 294 g/mol. The van der Waals surface area contributed by atoms with Crippen LogP contribution in [0.25, 0.3) is 0 Å². The number of nitrogens with zero attached hydrogens (tertiary/aromatic N) is 2. The van der Waals surface area contributed by atoms with E-state index < -0.39 is 0 Å². The SMILES string of the molecule is CCOC1(C(NN)c2nccnc2OC)CCCCCC1. The maximum absolute atomic E-state index is 6.19. The third kappa shape index (κ3) is 3.51. The summed E-state index contributed by atoms with van der Waals surface area (Å²) < 4.78 is 11.5. The van der Waals surface area contributed by atoms with Gasteiger partial charge in [0.1, 0.15) is 5.69 Å². The van der Waals surface area contributed by atoms with E-state index in [9.17, 15) is 0 Å². The van der Waals surface area contributed by atoms with Crippen LogP contribution >= 0.6 is 0 Å². The van der Waals surface area contributed by atoms with Gasteiger partial charge in [0.25, 0.3) is 0 Å². The van der Waals surface area contributed by atoms with E-state index in [4.69, 9.17) is 15.3 Å². The topological polar surface area (TPSA) is 82.3 Å². The highest BCUT2D eigenvalue weighted by molar-refractivity contribution is 5.24. The average Bonchev–Trinajstić information content (AvgIpc) is 2.75. The molecule has 2 rings (SSSR count). The first-order valence-electron chi connectivity index (χ1n) is 7.72. The van der Waals surface area contributed by atoms with Gasteiger partial charge in [-0.3, -0.25) is 10.8 Å². The van der Waals surface area contributed by atoms with Crippen molar-refractivity contribution >= 4 is 0 Å². The number of nitrogens with one attached hydrogen (secondary N) is 1. The molecule has 1 aliphatic rings. The highest BCUT2D eigenvalue weighted by atomic mass is 16.5. The number of rotatable bonds is 6. The smallest absolute Gasteiger partial charge is 0.237 e. The van der Waals surface area contributed by atoms with Crippen molar-refractivity contribution in [1.29, 1.82) is 0 Å². The van der Waals surface area contributed by atoms with Crippen molar-refractivity contribution in [3.63, 3.8) is 0 Å². The molecule has 0 aromatic carbocycles. The third-order valence-electron chi connectivity index (χ3n) is 4.23. The lowest BCUT2D eigenvalue weighted by Crippen LogP contribution is -2.49. The largest absolute Gasteiger partial charge is 0.480 e. The van der Waals surface area contributed by atoms with Crippen molar-refractivity contribution in [2.75, 3.05) is 13.7 Å². The van der Waals surface area contributed by atoms with E-state index in [1.54, 1.807) is 19.5 Å². The molecular weight excluding hydrogens is 268 g/mol. The monoisotopic (exact) mass is 294 g/mol. The Bertz CT molecular complexity index is 433. The summed E-state index contributed by atoms with van der Waals surface area (Å²) in [7, 11) is 1.60. The molecule has 0 amide bonds. The molecule has 118 valence electrons. The lowest BCUT2D eigenvalue weighted by atomic mass is 9.84. The molecule has 0 saturated heterocycles. The summed E-state index contributed by atoms with van der Waals surface area (Å²) in [5.74, 6) is 6.38. The maximum atomic E-state index is 6.19. The molecule has 1 atom stereocenters. The Kier molecular flexibility index (Phi) is 5.90. The fourth-order valence-corrected chi connectivity index (χ4v) is 3.30. The van der Waals surface area contributed by atoms with E-state index in [1.807, 2.05) is 6.92 Å². The standard InChI is InChI=1S/C15H26N4O2/c1-3-21-15(8-6-4-5-7-9-15)13(19-16)12-14(20-2)18-11-10-17-12/h10-11,13,19H,3-9,16H2,1-2H3. The summed E-state index contributed by atoms with van der Waals surface area (Å²) in [6.07, 6.45) is 9.98. The number of hydrazine groups is 1. The lowest BCUT2D eigenvalue weighted by molar-refractivity contribution is -0.0797. The van der Waals surface area contributed by atoms with Gasteiger partial charge in [0.05, 0.1) is 18.8 Å².